The Morgan fingerprint density at radius 2 is 1.70 bits per heavy atom. The Morgan fingerprint density at radius 3 is 2.43 bits per heavy atom. The van der Waals surface area contributed by atoms with Gasteiger partial charge in [0.2, 0.25) is 0 Å². The van der Waals surface area contributed by atoms with Crippen LogP contribution < -0.4 is 0 Å². The first kappa shape index (κ1) is 19.6. The summed E-state index contributed by atoms with van der Waals surface area (Å²) in [5, 5.41) is 9.17. The molecule has 0 atom stereocenters. The van der Waals surface area contributed by atoms with Crippen LogP contribution in [0.4, 0.5) is 8.78 Å². The number of rotatable bonds is 2. The Bertz CT molecular complexity index is 1150. The van der Waals surface area contributed by atoms with E-state index in [9.17, 15) is 8.78 Å². The Labute approximate surface area is 181 Å². The highest BCUT2D eigenvalue weighted by atomic mass is 35.5. The maximum absolute atomic E-state index is 14.7. The maximum atomic E-state index is 14.7. The summed E-state index contributed by atoms with van der Waals surface area (Å²) in [6.45, 7) is 1.38. The molecule has 5 rings (SSSR count). The van der Waals surface area contributed by atoms with Gasteiger partial charge in [-0.1, -0.05) is 29.3 Å². The zero-order chi connectivity index (χ0) is 20.8. The van der Waals surface area contributed by atoms with E-state index in [1.807, 2.05) is 4.57 Å². The molecule has 1 aromatic heterocycles. The van der Waals surface area contributed by atoms with Crippen LogP contribution in [0.3, 0.4) is 0 Å². The van der Waals surface area contributed by atoms with Crippen LogP contribution in [0.5, 0.6) is 0 Å². The van der Waals surface area contributed by atoms with Gasteiger partial charge >= 0.3 is 0 Å². The highest BCUT2D eigenvalue weighted by Gasteiger charge is 2.31. The molecule has 1 fully saturated rings. The van der Waals surface area contributed by atoms with Crippen molar-refractivity contribution in [1.82, 2.24) is 14.8 Å². The van der Waals surface area contributed by atoms with Crippen molar-refractivity contribution in [2.45, 2.75) is 25.3 Å². The average Bonchev–Trinajstić information content (AvgIpc) is 3.10. The van der Waals surface area contributed by atoms with Crippen molar-refractivity contribution in [1.29, 1.82) is 0 Å². The van der Waals surface area contributed by atoms with Crippen LogP contribution in [0.2, 0.25) is 10.0 Å². The van der Waals surface area contributed by atoms with Gasteiger partial charge in [0.15, 0.2) is 5.82 Å². The maximum Gasteiger partial charge on any atom is 0.159 e. The Balaban J connectivity index is 1.77. The fourth-order valence-corrected chi connectivity index (χ4v) is 4.43. The quantitative estimate of drug-likeness (QED) is 0.547. The molecule has 1 saturated heterocycles. The number of halogens is 4. The molecule has 0 radical (unpaired) electrons. The second kappa shape index (κ2) is 7.72. The lowest BCUT2D eigenvalue weighted by Gasteiger charge is -2.23. The smallest absolute Gasteiger partial charge is 0.159 e. The van der Waals surface area contributed by atoms with E-state index in [1.165, 1.54) is 18.2 Å². The second-order valence-corrected chi connectivity index (χ2v) is 8.00. The van der Waals surface area contributed by atoms with Crippen molar-refractivity contribution >= 4 is 28.9 Å². The van der Waals surface area contributed by atoms with Crippen LogP contribution in [0, 0.1) is 11.6 Å². The molecular formula is C21H16Cl2F2N4O. The van der Waals surface area contributed by atoms with Crippen molar-refractivity contribution in [2.24, 2.45) is 4.99 Å². The van der Waals surface area contributed by atoms with Gasteiger partial charge in [-0.25, -0.2) is 8.78 Å². The molecule has 0 bridgehead atoms. The second-order valence-electron chi connectivity index (χ2n) is 7.21. The van der Waals surface area contributed by atoms with Crippen molar-refractivity contribution in [3.63, 3.8) is 0 Å². The van der Waals surface area contributed by atoms with Crippen molar-refractivity contribution < 1.29 is 13.5 Å². The lowest BCUT2D eigenvalue weighted by molar-refractivity contribution is 0.0832. The third kappa shape index (κ3) is 3.12. The number of nitrogens with zero attached hydrogens (tertiary/aromatic N) is 4. The van der Waals surface area contributed by atoms with Crippen molar-refractivity contribution in [3.05, 3.63) is 74.8 Å². The first-order valence-corrected chi connectivity index (χ1v) is 10.3. The van der Waals surface area contributed by atoms with Gasteiger partial charge in [-0.15, -0.1) is 10.2 Å². The molecule has 0 amide bonds. The number of hydrogen-bond donors (Lipinski definition) is 0. The van der Waals surface area contributed by atoms with Crippen LogP contribution >= 0.6 is 23.2 Å². The molecule has 0 N–H and O–H groups in total. The van der Waals surface area contributed by atoms with E-state index in [0.717, 1.165) is 18.7 Å². The summed E-state index contributed by atoms with van der Waals surface area (Å²) in [5.41, 5.74) is 0.829. The van der Waals surface area contributed by atoms with E-state index in [2.05, 4.69) is 15.2 Å². The molecule has 2 aromatic carbocycles. The fourth-order valence-electron chi connectivity index (χ4n) is 4.02. The van der Waals surface area contributed by atoms with Gasteiger partial charge in [0.25, 0.3) is 0 Å². The predicted octanol–water partition coefficient (Wildman–Crippen LogP) is 5.10. The highest BCUT2D eigenvalue weighted by Crippen LogP contribution is 2.38. The van der Waals surface area contributed by atoms with E-state index in [0.29, 0.717) is 30.3 Å². The van der Waals surface area contributed by atoms with Crippen molar-refractivity contribution in [3.8, 4) is 5.69 Å². The lowest BCUT2D eigenvalue weighted by atomic mass is 9.97. The Hall–Kier alpha value is -2.35. The molecule has 5 nitrogen and oxygen atoms in total. The summed E-state index contributed by atoms with van der Waals surface area (Å²) in [4.78, 5) is 4.50. The summed E-state index contributed by atoms with van der Waals surface area (Å²) in [5.74, 6) is 0.0337. The molecule has 2 aliphatic rings. The number of fused-ring (bicyclic) bond motifs is 3. The van der Waals surface area contributed by atoms with E-state index >= 15 is 0 Å². The summed E-state index contributed by atoms with van der Waals surface area (Å²) < 4.78 is 36.7. The molecule has 30 heavy (non-hydrogen) atoms. The molecule has 0 aliphatic carbocycles. The number of aromatic nitrogens is 3. The van der Waals surface area contributed by atoms with Gasteiger partial charge in [-0.3, -0.25) is 9.56 Å². The van der Waals surface area contributed by atoms with Crippen LogP contribution in [-0.2, 0) is 11.3 Å². The normalized spacial score (nSPS) is 16.6. The topological polar surface area (TPSA) is 52.3 Å². The summed E-state index contributed by atoms with van der Waals surface area (Å²) >= 11 is 12.9. The molecule has 3 aromatic rings. The Kier molecular flexibility index (Phi) is 5.05. The minimum atomic E-state index is -0.724. The SMILES string of the molecule is Fc1cccc(F)c1C1=NCc2nnc(C3CCOCC3)n2-c2ccc(Cl)c(Cl)c21. The molecule has 2 aliphatic heterocycles. The van der Waals surface area contributed by atoms with E-state index < -0.39 is 11.6 Å². The zero-order valence-electron chi connectivity index (χ0n) is 15.7. The van der Waals surface area contributed by atoms with Crippen molar-refractivity contribution in [2.75, 3.05) is 13.2 Å². The molecular weight excluding hydrogens is 433 g/mol. The minimum Gasteiger partial charge on any atom is -0.381 e. The molecule has 0 spiro atoms. The highest BCUT2D eigenvalue weighted by molar-refractivity contribution is 6.45. The molecule has 0 unspecified atom stereocenters. The van der Waals surface area contributed by atoms with Gasteiger partial charge in [0, 0.05) is 24.7 Å². The van der Waals surface area contributed by atoms with Gasteiger partial charge in [-0.05, 0) is 37.1 Å². The number of ether oxygens (including phenoxy) is 1. The fraction of sp³-hybridized carbons (Fsp3) is 0.286. The van der Waals surface area contributed by atoms with E-state index in [1.54, 1.807) is 12.1 Å². The van der Waals surface area contributed by atoms with Crippen LogP contribution in [0.15, 0.2) is 35.3 Å². The standard InChI is InChI=1S/C21H16Cl2F2N4O/c22-12-4-5-15-18(19(12)23)20(17-13(24)2-1-3-14(17)25)26-10-16-27-28-21(29(15)16)11-6-8-30-9-7-11/h1-5,11H,6-10H2. The van der Waals surface area contributed by atoms with Crippen LogP contribution in [-0.4, -0.2) is 33.7 Å². The number of aliphatic imine (C=N–C) groups is 1. The van der Waals surface area contributed by atoms with Gasteiger partial charge in [-0.2, -0.15) is 0 Å². The summed E-state index contributed by atoms with van der Waals surface area (Å²) in [7, 11) is 0. The number of benzene rings is 2. The summed E-state index contributed by atoms with van der Waals surface area (Å²) in [6, 6.07) is 7.11. The Morgan fingerprint density at radius 1 is 0.967 bits per heavy atom. The zero-order valence-corrected chi connectivity index (χ0v) is 17.2. The van der Waals surface area contributed by atoms with Gasteiger partial charge < -0.3 is 4.74 Å². The van der Waals surface area contributed by atoms with Crippen LogP contribution in [0.1, 0.15) is 41.5 Å². The third-order valence-corrected chi connectivity index (χ3v) is 6.27. The van der Waals surface area contributed by atoms with E-state index in [-0.39, 0.29) is 33.8 Å². The monoisotopic (exact) mass is 448 g/mol. The third-order valence-electron chi connectivity index (χ3n) is 5.47. The largest absolute Gasteiger partial charge is 0.381 e. The molecule has 9 heteroatoms. The molecule has 154 valence electrons. The van der Waals surface area contributed by atoms with Gasteiger partial charge in [0.05, 0.1) is 27.0 Å². The minimum absolute atomic E-state index is 0.0992. The molecule has 0 saturated carbocycles. The lowest BCUT2D eigenvalue weighted by Crippen LogP contribution is -2.19. The first-order chi connectivity index (χ1) is 14.6. The first-order valence-electron chi connectivity index (χ1n) is 9.55. The van der Waals surface area contributed by atoms with Crippen LogP contribution in [0.25, 0.3) is 5.69 Å². The van der Waals surface area contributed by atoms with Gasteiger partial charge in [0.1, 0.15) is 24.0 Å². The van der Waals surface area contributed by atoms with E-state index in [4.69, 9.17) is 27.9 Å². The number of hydrogen-bond acceptors (Lipinski definition) is 4. The predicted molar refractivity (Wildman–Crippen MR) is 110 cm³/mol. The average molecular weight is 449 g/mol. The summed E-state index contributed by atoms with van der Waals surface area (Å²) in [6.07, 6.45) is 1.62. The molecule has 3 heterocycles.